The topological polar surface area (TPSA) is 94.4 Å². The lowest BCUT2D eigenvalue weighted by Gasteiger charge is -2.15. The van der Waals surface area contributed by atoms with E-state index in [4.69, 9.17) is 14.7 Å². The van der Waals surface area contributed by atoms with E-state index in [1.807, 2.05) is 13.0 Å². The van der Waals surface area contributed by atoms with Crippen LogP contribution in [-0.2, 0) is 13.2 Å². The van der Waals surface area contributed by atoms with Crippen molar-refractivity contribution >= 4 is 22.3 Å². The van der Waals surface area contributed by atoms with E-state index in [1.165, 1.54) is 18.4 Å². The van der Waals surface area contributed by atoms with Crippen molar-refractivity contribution in [3.05, 3.63) is 93.7 Å². The summed E-state index contributed by atoms with van der Waals surface area (Å²) in [5.41, 5.74) is 10.7. The smallest absolute Gasteiger partial charge is 0.175 e. The number of nitrogens with one attached hydrogen (secondary N) is 1. The minimum absolute atomic E-state index is 0.499. The van der Waals surface area contributed by atoms with Crippen LogP contribution in [0.15, 0.2) is 48.5 Å². The summed E-state index contributed by atoms with van der Waals surface area (Å²) in [7, 11) is 0. The second kappa shape index (κ2) is 8.37. The predicted octanol–water partition coefficient (Wildman–Crippen LogP) is 5.36. The van der Waals surface area contributed by atoms with Crippen LogP contribution in [0.2, 0.25) is 0 Å². The molecule has 0 saturated heterocycles. The molecule has 1 aliphatic heterocycles. The average Bonchev–Trinajstić information content (AvgIpc) is 3.51. The third-order valence-corrected chi connectivity index (χ3v) is 7.40. The van der Waals surface area contributed by atoms with Crippen LogP contribution < -0.4 is 4.74 Å². The molecule has 0 amide bonds. The molecule has 0 bridgehead atoms. The number of hydrogen-bond acceptors (Lipinski definition) is 6. The number of hydrogen-bond donors (Lipinski definition) is 1. The Kier molecular flexibility index (Phi) is 4.96. The third kappa shape index (κ3) is 3.71. The molecule has 2 aliphatic rings. The molecule has 0 unspecified atom stereocenters. The molecule has 1 aliphatic carbocycles. The van der Waals surface area contributed by atoms with Crippen molar-refractivity contribution in [1.29, 1.82) is 0 Å². The number of allylic oxidation sites excluding steroid dienone is 1. The summed E-state index contributed by atoms with van der Waals surface area (Å²) in [5.74, 6) is 3.17. The minimum Gasteiger partial charge on any atom is -0.488 e. The van der Waals surface area contributed by atoms with Crippen molar-refractivity contribution in [2.45, 2.75) is 52.7 Å². The lowest BCUT2D eigenvalue weighted by atomic mass is 9.90. The van der Waals surface area contributed by atoms with Crippen molar-refractivity contribution in [1.82, 2.24) is 35.2 Å². The molecular formula is C29H27N7O. The van der Waals surface area contributed by atoms with Gasteiger partial charge in [0.1, 0.15) is 23.7 Å². The Morgan fingerprint density at radius 1 is 1.05 bits per heavy atom. The fourth-order valence-corrected chi connectivity index (χ4v) is 5.43. The fourth-order valence-electron chi connectivity index (χ4n) is 5.43. The number of aryl methyl sites for hydroxylation is 2. The maximum Gasteiger partial charge on any atom is 0.175 e. The van der Waals surface area contributed by atoms with Crippen molar-refractivity contribution < 1.29 is 4.74 Å². The van der Waals surface area contributed by atoms with E-state index in [0.29, 0.717) is 24.9 Å². The molecule has 5 aromatic rings. The molecule has 0 spiro atoms. The van der Waals surface area contributed by atoms with E-state index in [9.17, 15) is 0 Å². The number of ether oxygens (including phenoxy) is 1. The van der Waals surface area contributed by atoms with Gasteiger partial charge in [0.25, 0.3) is 0 Å². The fraction of sp³-hybridized carbons (Fsp3) is 0.276. The molecule has 1 saturated carbocycles. The van der Waals surface area contributed by atoms with Crippen LogP contribution in [0, 0.1) is 13.8 Å². The van der Waals surface area contributed by atoms with Gasteiger partial charge in [0.05, 0.1) is 6.54 Å². The van der Waals surface area contributed by atoms with Gasteiger partial charge >= 0.3 is 0 Å². The summed E-state index contributed by atoms with van der Waals surface area (Å²) in [4.78, 5) is 9.94. The molecule has 1 N–H and O–H groups in total. The van der Waals surface area contributed by atoms with Crippen molar-refractivity contribution in [2.24, 2.45) is 0 Å². The monoisotopic (exact) mass is 489 g/mol. The number of aromatic amines is 1. The molecule has 3 aromatic heterocycles. The first-order valence-corrected chi connectivity index (χ1v) is 12.7. The lowest BCUT2D eigenvalue weighted by Crippen LogP contribution is -2.06. The van der Waals surface area contributed by atoms with E-state index in [2.05, 4.69) is 81.5 Å². The van der Waals surface area contributed by atoms with Gasteiger partial charge in [-0.3, -0.25) is 0 Å². The van der Waals surface area contributed by atoms with Crippen LogP contribution in [0.25, 0.3) is 22.3 Å². The molecular weight excluding hydrogens is 462 g/mol. The van der Waals surface area contributed by atoms with Crippen molar-refractivity contribution in [3.8, 4) is 5.75 Å². The number of rotatable bonds is 4. The molecule has 2 aromatic carbocycles. The van der Waals surface area contributed by atoms with Crippen LogP contribution in [0.5, 0.6) is 5.75 Å². The molecule has 1 fully saturated rings. The molecule has 4 heterocycles. The van der Waals surface area contributed by atoms with Gasteiger partial charge in [0.15, 0.2) is 11.5 Å². The zero-order valence-corrected chi connectivity index (χ0v) is 21.1. The minimum atomic E-state index is 0.499. The number of pyridine rings is 1. The molecule has 0 radical (unpaired) electrons. The van der Waals surface area contributed by atoms with Gasteiger partial charge in [-0.25, -0.2) is 15.1 Å². The van der Waals surface area contributed by atoms with E-state index in [-0.39, 0.29) is 0 Å². The van der Waals surface area contributed by atoms with Gasteiger partial charge in [0, 0.05) is 22.7 Å². The van der Waals surface area contributed by atoms with Crippen LogP contribution in [0.3, 0.4) is 0 Å². The Morgan fingerprint density at radius 2 is 1.92 bits per heavy atom. The maximum absolute atomic E-state index is 6.41. The van der Waals surface area contributed by atoms with Crippen LogP contribution in [0.1, 0.15) is 70.8 Å². The standard InChI is InChI=1S/C29H27N7O/c1-16-12-17(2)30-29-26(16)31-28(20-9-10-20)36(29)14-19-8-11-23-24(13-19)37-15-21-6-4-5-7-22(21)25(23)18(3)27-32-34-35-33-27/h4-8,11-13,20H,9-10,14-15H2,1-3H3,(H,32,33,34,35)/b25-18+. The predicted molar refractivity (Wildman–Crippen MR) is 141 cm³/mol. The zero-order valence-electron chi connectivity index (χ0n) is 21.1. The van der Waals surface area contributed by atoms with E-state index in [1.54, 1.807) is 0 Å². The number of tetrazole rings is 1. The first-order chi connectivity index (χ1) is 18.1. The van der Waals surface area contributed by atoms with Crippen molar-refractivity contribution in [3.63, 3.8) is 0 Å². The lowest BCUT2D eigenvalue weighted by molar-refractivity contribution is 0.307. The van der Waals surface area contributed by atoms with Gasteiger partial charge in [-0.1, -0.05) is 36.4 Å². The van der Waals surface area contributed by atoms with Gasteiger partial charge in [-0.15, -0.1) is 5.10 Å². The highest BCUT2D eigenvalue weighted by Gasteiger charge is 2.31. The highest BCUT2D eigenvalue weighted by molar-refractivity contribution is 5.99. The second-order valence-corrected chi connectivity index (χ2v) is 10.1. The van der Waals surface area contributed by atoms with Crippen molar-refractivity contribution in [2.75, 3.05) is 0 Å². The van der Waals surface area contributed by atoms with Crippen LogP contribution >= 0.6 is 0 Å². The molecule has 0 atom stereocenters. The van der Waals surface area contributed by atoms with Gasteiger partial charge in [-0.2, -0.15) is 0 Å². The quantitative estimate of drug-likeness (QED) is 0.365. The van der Waals surface area contributed by atoms with E-state index in [0.717, 1.165) is 61.8 Å². The first-order valence-electron chi connectivity index (χ1n) is 12.7. The molecule has 37 heavy (non-hydrogen) atoms. The maximum atomic E-state index is 6.41. The Labute approximate surface area is 214 Å². The molecule has 8 heteroatoms. The number of H-pyrrole nitrogens is 1. The summed E-state index contributed by atoms with van der Waals surface area (Å²) >= 11 is 0. The zero-order chi connectivity index (χ0) is 25.1. The normalized spacial score (nSPS) is 16.2. The number of benzene rings is 2. The Morgan fingerprint density at radius 3 is 2.73 bits per heavy atom. The van der Waals surface area contributed by atoms with Gasteiger partial charge < -0.3 is 9.30 Å². The highest BCUT2D eigenvalue weighted by Crippen LogP contribution is 2.43. The highest BCUT2D eigenvalue weighted by atomic mass is 16.5. The van der Waals surface area contributed by atoms with E-state index >= 15 is 0 Å². The van der Waals surface area contributed by atoms with Gasteiger partial charge in [-0.05, 0) is 84.0 Å². The molecule has 8 nitrogen and oxygen atoms in total. The number of fused-ring (bicyclic) bond motifs is 3. The van der Waals surface area contributed by atoms with Crippen LogP contribution in [0.4, 0.5) is 0 Å². The number of aromatic nitrogens is 7. The second-order valence-electron chi connectivity index (χ2n) is 10.1. The summed E-state index contributed by atoms with van der Waals surface area (Å²) in [6.07, 6.45) is 2.38. The largest absolute Gasteiger partial charge is 0.488 e. The SMILES string of the molecule is C/C(=C1/c2ccccc2COc2cc(Cn3c(C4CC4)nc4c(C)cc(C)nc43)ccc21)c1nnn[nH]1. The first kappa shape index (κ1) is 21.9. The molecule has 184 valence electrons. The molecule has 7 rings (SSSR count). The summed E-state index contributed by atoms with van der Waals surface area (Å²) in [6.45, 7) is 7.42. The van der Waals surface area contributed by atoms with Crippen LogP contribution in [-0.4, -0.2) is 35.2 Å². The summed E-state index contributed by atoms with van der Waals surface area (Å²) in [5, 5.41) is 14.7. The number of nitrogens with zero attached hydrogens (tertiary/aromatic N) is 6. The number of imidazole rings is 1. The van der Waals surface area contributed by atoms with Gasteiger partial charge in [0.2, 0.25) is 0 Å². The Hall–Kier alpha value is -4.33. The van der Waals surface area contributed by atoms with E-state index < -0.39 is 0 Å². The Balaban J connectivity index is 1.36. The Bertz CT molecular complexity index is 1690. The third-order valence-electron chi connectivity index (χ3n) is 7.40. The average molecular weight is 490 g/mol. The summed E-state index contributed by atoms with van der Waals surface area (Å²) < 4.78 is 8.72. The summed E-state index contributed by atoms with van der Waals surface area (Å²) in [6, 6.07) is 17.0.